The van der Waals surface area contributed by atoms with Crippen molar-refractivity contribution in [2.24, 2.45) is 11.7 Å². The summed E-state index contributed by atoms with van der Waals surface area (Å²) in [4.78, 5) is 13.7. The van der Waals surface area contributed by atoms with Gasteiger partial charge in [-0.3, -0.25) is 4.79 Å². The van der Waals surface area contributed by atoms with Gasteiger partial charge in [-0.1, -0.05) is 6.92 Å². The van der Waals surface area contributed by atoms with E-state index in [0.29, 0.717) is 19.6 Å². The molecular weight excluding hydrogens is 266 g/mol. The molecule has 0 radical (unpaired) electrons. The summed E-state index contributed by atoms with van der Waals surface area (Å²) >= 11 is 0. The smallest absolute Gasteiger partial charge is 0.239 e. The van der Waals surface area contributed by atoms with Crippen LogP contribution in [-0.4, -0.2) is 63.5 Å². The van der Waals surface area contributed by atoms with E-state index < -0.39 is 15.4 Å². The van der Waals surface area contributed by atoms with Gasteiger partial charge in [-0.15, -0.1) is 0 Å². The Kier molecular flexibility index (Phi) is 5.34. The predicted octanol–water partition coefficient (Wildman–Crippen LogP) is -0.794. The van der Waals surface area contributed by atoms with E-state index in [1.54, 1.807) is 0 Å². The number of nitrogens with two attached hydrogens (primary N) is 1. The molecule has 1 saturated carbocycles. The van der Waals surface area contributed by atoms with E-state index >= 15 is 0 Å². The minimum Gasteiger partial charge on any atom is -0.368 e. The van der Waals surface area contributed by atoms with Gasteiger partial charge in [0.05, 0.1) is 5.75 Å². The number of primary amides is 1. The SMILES string of the molecule is CCNC(CN(C)CCS(C)(=O)=O)(C(N)=O)C1CC1. The number of hydrogen-bond acceptors (Lipinski definition) is 5. The Morgan fingerprint density at radius 1 is 1.47 bits per heavy atom. The summed E-state index contributed by atoms with van der Waals surface area (Å²) in [5, 5.41) is 3.22. The Labute approximate surface area is 115 Å². The molecule has 0 aromatic heterocycles. The minimum atomic E-state index is -2.99. The van der Waals surface area contributed by atoms with Crippen LogP contribution in [0.25, 0.3) is 0 Å². The number of rotatable bonds is 9. The van der Waals surface area contributed by atoms with Gasteiger partial charge in [0.25, 0.3) is 0 Å². The predicted molar refractivity (Wildman–Crippen MR) is 75.5 cm³/mol. The summed E-state index contributed by atoms with van der Waals surface area (Å²) in [7, 11) is -1.17. The summed E-state index contributed by atoms with van der Waals surface area (Å²) in [5.74, 6) is 0.0171. The van der Waals surface area contributed by atoms with Gasteiger partial charge in [0.1, 0.15) is 15.4 Å². The third-order valence-electron chi connectivity index (χ3n) is 3.57. The number of hydrogen-bond donors (Lipinski definition) is 2. The number of likely N-dealkylation sites (N-methyl/N-ethyl adjacent to an activating group) is 2. The molecule has 0 aliphatic heterocycles. The molecule has 7 heteroatoms. The third kappa shape index (κ3) is 4.74. The van der Waals surface area contributed by atoms with Crippen LogP contribution in [0.5, 0.6) is 0 Å². The molecule has 1 rings (SSSR count). The van der Waals surface area contributed by atoms with Crippen molar-refractivity contribution in [2.75, 3.05) is 38.7 Å². The zero-order valence-corrected chi connectivity index (χ0v) is 12.8. The first-order valence-corrected chi connectivity index (χ1v) is 8.68. The van der Waals surface area contributed by atoms with Crippen LogP contribution < -0.4 is 11.1 Å². The topological polar surface area (TPSA) is 92.5 Å². The summed E-state index contributed by atoms with van der Waals surface area (Å²) in [6.07, 6.45) is 3.21. The van der Waals surface area contributed by atoms with Gasteiger partial charge in [0, 0.05) is 19.3 Å². The van der Waals surface area contributed by atoms with Crippen LogP contribution in [-0.2, 0) is 14.6 Å². The van der Waals surface area contributed by atoms with Crippen LogP contribution in [0.2, 0.25) is 0 Å². The highest BCUT2D eigenvalue weighted by molar-refractivity contribution is 7.90. The van der Waals surface area contributed by atoms with Gasteiger partial charge in [0.15, 0.2) is 0 Å². The molecule has 0 aromatic rings. The van der Waals surface area contributed by atoms with E-state index in [1.807, 2.05) is 18.9 Å². The Morgan fingerprint density at radius 3 is 2.42 bits per heavy atom. The van der Waals surface area contributed by atoms with Gasteiger partial charge in [-0.2, -0.15) is 0 Å². The monoisotopic (exact) mass is 291 g/mol. The van der Waals surface area contributed by atoms with E-state index in [1.165, 1.54) is 6.26 Å². The summed E-state index contributed by atoms with van der Waals surface area (Å²) in [5.41, 5.74) is 4.86. The van der Waals surface area contributed by atoms with Gasteiger partial charge < -0.3 is 16.0 Å². The summed E-state index contributed by atoms with van der Waals surface area (Å²) in [6, 6.07) is 0. The summed E-state index contributed by atoms with van der Waals surface area (Å²) < 4.78 is 22.3. The Bertz CT molecular complexity index is 420. The van der Waals surface area contributed by atoms with E-state index in [-0.39, 0.29) is 17.6 Å². The fraction of sp³-hybridized carbons (Fsp3) is 0.917. The number of sulfone groups is 1. The largest absolute Gasteiger partial charge is 0.368 e. The molecular formula is C12H25N3O3S. The van der Waals surface area contributed by atoms with Crippen molar-refractivity contribution in [1.82, 2.24) is 10.2 Å². The van der Waals surface area contributed by atoms with Crippen LogP contribution in [0.3, 0.4) is 0 Å². The molecule has 1 fully saturated rings. The molecule has 0 bridgehead atoms. The fourth-order valence-electron chi connectivity index (χ4n) is 2.41. The highest BCUT2D eigenvalue weighted by Crippen LogP contribution is 2.40. The van der Waals surface area contributed by atoms with Crippen molar-refractivity contribution in [3.05, 3.63) is 0 Å². The van der Waals surface area contributed by atoms with Crippen LogP contribution in [0.1, 0.15) is 19.8 Å². The molecule has 3 N–H and O–H groups in total. The molecule has 1 atom stereocenters. The molecule has 19 heavy (non-hydrogen) atoms. The van der Waals surface area contributed by atoms with Gasteiger partial charge in [-0.05, 0) is 32.4 Å². The van der Waals surface area contributed by atoms with E-state index in [2.05, 4.69) is 5.32 Å². The number of carbonyl (C=O) groups excluding carboxylic acids is 1. The Morgan fingerprint density at radius 2 is 2.05 bits per heavy atom. The quantitative estimate of drug-likeness (QED) is 0.580. The second-order valence-corrected chi connectivity index (χ2v) is 7.77. The second kappa shape index (κ2) is 6.19. The zero-order chi connectivity index (χ0) is 14.7. The van der Waals surface area contributed by atoms with Crippen molar-refractivity contribution >= 4 is 15.7 Å². The Balaban J connectivity index is 2.69. The van der Waals surface area contributed by atoms with E-state index in [0.717, 1.165) is 12.8 Å². The number of nitrogens with zero attached hydrogens (tertiary/aromatic N) is 1. The normalized spacial score (nSPS) is 19.4. The third-order valence-corrected chi connectivity index (χ3v) is 4.49. The molecule has 1 aliphatic carbocycles. The highest BCUT2D eigenvalue weighted by atomic mass is 32.2. The molecule has 1 aliphatic rings. The minimum absolute atomic E-state index is 0.0924. The van der Waals surface area contributed by atoms with Crippen molar-refractivity contribution in [1.29, 1.82) is 0 Å². The maximum Gasteiger partial charge on any atom is 0.239 e. The van der Waals surface area contributed by atoms with Crippen molar-refractivity contribution in [3.63, 3.8) is 0 Å². The van der Waals surface area contributed by atoms with Crippen LogP contribution in [0.15, 0.2) is 0 Å². The molecule has 1 amide bonds. The number of nitrogens with one attached hydrogen (secondary N) is 1. The molecule has 0 aromatic carbocycles. The van der Waals surface area contributed by atoms with E-state index in [4.69, 9.17) is 5.73 Å². The van der Waals surface area contributed by atoms with Gasteiger partial charge in [0.2, 0.25) is 5.91 Å². The maximum atomic E-state index is 11.8. The first-order valence-electron chi connectivity index (χ1n) is 6.62. The van der Waals surface area contributed by atoms with Crippen molar-refractivity contribution in [3.8, 4) is 0 Å². The molecule has 6 nitrogen and oxygen atoms in total. The highest BCUT2D eigenvalue weighted by Gasteiger charge is 2.49. The van der Waals surface area contributed by atoms with E-state index in [9.17, 15) is 13.2 Å². The average Bonchev–Trinajstić information content (AvgIpc) is 3.08. The summed E-state index contributed by atoms with van der Waals surface area (Å²) in [6.45, 7) is 3.47. The first kappa shape index (κ1) is 16.4. The van der Waals surface area contributed by atoms with Crippen molar-refractivity contribution in [2.45, 2.75) is 25.3 Å². The zero-order valence-electron chi connectivity index (χ0n) is 12.0. The number of amides is 1. The molecule has 0 spiro atoms. The lowest BCUT2D eigenvalue weighted by molar-refractivity contribution is -0.126. The second-order valence-electron chi connectivity index (χ2n) is 5.51. The van der Waals surface area contributed by atoms with Crippen LogP contribution >= 0.6 is 0 Å². The molecule has 1 unspecified atom stereocenters. The van der Waals surface area contributed by atoms with Gasteiger partial charge in [-0.25, -0.2) is 8.42 Å². The van der Waals surface area contributed by atoms with Gasteiger partial charge >= 0.3 is 0 Å². The molecule has 0 saturated heterocycles. The van der Waals surface area contributed by atoms with Crippen LogP contribution in [0, 0.1) is 5.92 Å². The standard InChI is InChI=1S/C12H25N3O3S/c1-4-14-12(11(13)16,10-5-6-10)9-15(2)7-8-19(3,17)18/h10,14H,4-9H2,1-3H3,(H2,13,16). The van der Waals surface area contributed by atoms with Crippen molar-refractivity contribution < 1.29 is 13.2 Å². The lowest BCUT2D eigenvalue weighted by Crippen LogP contribution is -2.63. The first-order chi connectivity index (χ1) is 8.71. The average molecular weight is 291 g/mol. The molecule has 112 valence electrons. The Hall–Kier alpha value is -0.660. The number of carbonyl (C=O) groups is 1. The maximum absolute atomic E-state index is 11.8. The van der Waals surface area contributed by atoms with Crippen LogP contribution in [0.4, 0.5) is 0 Å². The lowest BCUT2D eigenvalue weighted by Gasteiger charge is -2.35. The fourth-order valence-corrected chi connectivity index (χ4v) is 3.06. The lowest BCUT2D eigenvalue weighted by atomic mass is 9.91. The molecule has 0 heterocycles.